The van der Waals surface area contributed by atoms with Crippen molar-refractivity contribution in [3.05, 3.63) is 64.5 Å². The van der Waals surface area contributed by atoms with E-state index in [4.69, 9.17) is 0 Å². The van der Waals surface area contributed by atoms with Crippen molar-refractivity contribution >= 4 is 23.0 Å². The van der Waals surface area contributed by atoms with Crippen molar-refractivity contribution in [1.82, 2.24) is 20.0 Å². The van der Waals surface area contributed by atoms with Gasteiger partial charge in [0.1, 0.15) is 5.69 Å². The Kier molecular flexibility index (Phi) is 5.13. The predicted molar refractivity (Wildman–Crippen MR) is 105 cm³/mol. The van der Waals surface area contributed by atoms with Crippen molar-refractivity contribution in [2.75, 3.05) is 32.7 Å². The van der Waals surface area contributed by atoms with Crippen LogP contribution in [-0.2, 0) is 0 Å². The Hall–Kier alpha value is -2.77. The largest absolute Gasteiger partial charge is 0.335 e. The minimum absolute atomic E-state index is 0.0473. The second-order valence-electron chi connectivity index (χ2n) is 6.50. The number of carbonyl (C=O) groups is 2. The van der Waals surface area contributed by atoms with Crippen LogP contribution in [0.2, 0.25) is 0 Å². The number of amides is 1. The molecule has 1 aliphatic heterocycles. The van der Waals surface area contributed by atoms with Crippen LogP contribution in [0.15, 0.2) is 53.9 Å². The fraction of sp³-hybridized carbons (Fsp3) is 0.250. The zero-order valence-corrected chi connectivity index (χ0v) is 15.6. The van der Waals surface area contributed by atoms with E-state index in [1.54, 1.807) is 6.07 Å². The van der Waals surface area contributed by atoms with Crippen LogP contribution >= 0.6 is 11.3 Å². The Balaban J connectivity index is 1.34. The van der Waals surface area contributed by atoms with Gasteiger partial charge in [-0.2, -0.15) is 5.10 Å². The lowest BCUT2D eigenvalue weighted by Gasteiger charge is -2.33. The van der Waals surface area contributed by atoms with Crippen LogP contribution in [0.4, 0.5) is 0 Å². The van der Waals surface area contributed by atoms with Gasteiger partial charge >= 0.3 is 0 Å². The first-order valence-corrected chi connectivity index (χ1v) is 9.78. The summed E-state index contributed by atoms with van der Waals surface area (Å²) in [4.78, 5) is 29.7. The van der Waals surface area contributed by atoms with Gasteiger partial charge in [0.2, 0.25) is 0 Å². The van der Waals surface area contributed by atoms with Crippen molar-refractivity contribution in [3.8, 4) is 11.3 Å². The van der Waals surface area contributed by atoms with Crippen LogP contribution in [0.3, 0.4) is 0 Å². The lowest BCUT2D eigenvalue weighted by atomic mass is 10.1. The average molecular weight is 380 g/mol. The quantitative estimate of drug-likeness (QED) is 0.691. The van der Waals surface area contributed by atoms with Crippen molar-refractivity contribution < 1.29 is 9.59 Å². The topological polar surface area (TPSA) is 69.3 Å². The van der Waals surface area contributed by atoms with E-state index in [1.807, 2.05) is 52.7 Å². The second-order valence-corrected chi connectivity index (χ2v) is 7.45. The second kappa shape index (κ2) is 7.85. The Morgan fingerprint density at radius 1 is 1.04 bits per heavy atom. The summed E-state index contributed by atoms with van der Waals surface area (Å²) in [7, 11) is 0. The Bertz CT molecular complexity index is 913. The van der Waals surface area contributed by atoms with E-state index in [0.717, 1.165) is 16.1 Å². The van der Waals surface area contributed by atoms with Gasteiger partial charge < -0.3 is 4.90 Å². The number of carbonyl (C=O) groups excluding carboxylic acids is 2. The number of rotatable bonds is 5. The third-order valence-electron chi connectivity index (χ3n) is 4.70. The lowest BCUT2D eigenvalue weighted by Crippen LogP contribution is -2.49. The molecule has 138 valence electrons. The maximum absolute atomic E-state index is 12.7. The molecule has 1 N–H and O–H groups in total. The molecule has 3 heterocycles. The molecule has 0 radical (unpaired) electrons. The molecule has 1 saturated heterocycles. The maximum atomic E-state index is 12.7. The molecule has 1 fully saturated rings. The third kappa shape index (κ3) is 3.99. The number of H-pyrrole nitrogens is 1. The summed E-state index contributed by atoms with van der Waals surface area (Å²) >= 11 is 1.47. The number of piperazine rings is 1. The smallest absolute Gasteiger partial charge is 0.271 e. The average Bonchev–Trinajstić information content (AvgIpc) is 3.41. The molecule has 2 aromatic heterocycles. The van der Waals surface area contributed by atoms with Crippen molar-refractivity contribution in [2.24, 2.45) is 0 Å². The zero-order valence-electron chi connectivity index (χ0n) is 14.8. The number of Topliss-reactive ketones (excluding diaryl/α,β-unsaturated/α-hetero) is 1. The predicted octanol–water partition coefficient (Wildman–Crippen LogP) is 2.78. The number of hydrogen-bond acceptors (Lipinski definition) is 5. The van der Waals surface area contributed by atoms with E-state index in [1.165, 1.54) is 11.3 Å². The van der Waals surface area contributed by atoms with Gasteiger partial charge in [0.15, 0.2) is 5.78 Å². The summed E-state index contributed by atoms with van der Waals surface area (Å²) < 4.78 is 0. The van der Waals surface area contributed by atoms with Crippen LogP contribution in [0.5, 0.6) is 0 Å². The van der Waals surface area contributed by atoms with E-state index in [0.29, 0.717) is 38.4 Å². The minimum atomic E-state index is -0.0473. The van der Waals surface area contributed by atoms with E-state index in [9.17, 15) is 9.59 Å². The fourth-order valence-corrected chi connectivity index (χ4v) is 3.84. The number of thiophene rings is 1. The molecule has 1 amide bonds. The van der Waals surface area contributed by atoms with Crippen molar-refractivity contribution in [3.63, 3.8) is 0 Å². The van der Waals surface area contributed by atoms with E-state index >= 15 is 0 Å². The van der Waals surface area contributed by atoms with Gasteiger partial charge in [0.25, 0.3) is 5.91 Å². The van der Waals surface area contributed by atoms with E-state index in [-0.39, 0.29) is 11.7 Å². The molecule has 6 nitrogen and oxygen atoms in total. The molecule has 0 bridgehead atoms. The SMILES string of the molecule is O=C(CN1CCN(C(=O)c2cc(-c3ccccc3)n[nH]2)CC1)c1cccs1. The number of aromatic amines is 1. The Labute approximate surface area is 161 Å². The molecular formula is C20H20N4O2S. The summed E-state index contributed by atoms with van der Waals surface area (Å²) in [5.74, 6) is 0.0970. The van der Waals surface area contributed by atoms with Gasteiger partial charge in [-0.25, -0.2) is 0 Å². The number of benzene rings is 1. The summed E-state index contributed by atoms with van der Waals surface area (Å²) in [6, 6.07) is 15.3. The first kappa shape index (κ1) is 17.6. The highest BCUT2D eigenvalue weighted by molar-refractivity contribution is 7.12. The molecule has 27 heavy (non-hydrogen) atoms. The van der Waals surface area contributed by atoms with Crippen molar-refractivity contribution in [1.29, 1.82) is 0 Å². The van der Waals surface area contributed by atoms with Gasteiger partial charge in [0.05, 0.1) is 17.1 Å². The molecule has 7 heteroatoms. The van der Waals surface area contributed by atoms with Crippen molar-refractivity contribution in [2.45, 2.75) is 0 Å². The Morgan fingerprint density at radius 2 is 1.81 bits per heavy atom. The van der Waals surface area contributed by atoms with E-state index < -0.39 is 0 Å². The molecule has 0 unspecified atom stereocenters. The molecule has 3 aromatic rings. The first-order valence-electron chi connectivity index (χ1n) is 8.90. The molecule has 0 atom stereocenters. The lowest BCUT2D eigenvalue weighted by molar-refractivity contribution is 0.0619. The first-order chi connectivity index (χ1) is 13.2. The number of hydrogen-bond donors (Lipinski definition) is 1. The van der Waals surface area contributed by atoms with Gasteiger partial charge in [-0.05, 0) is 17.5 Å². The number of ketones is 1. The van der Waals surface area contributed by atoms with Gasteiger partial charge in [0, 0.05) is 31.7 Å². The summed E-state index contributed by atoms with van der Waals surface area (Å²) in [5, 5.41) is 9.03. The Morgan fingerprint density at radius 3 is 2.52 bits per heavy atom. The molecule has 1 aromatic carbocycles. The summed E-state index contributed by atoms with van der Waals surface area (Å²) in [6.45, 7) is 3.02. The fourth-order valence-electron chi connectivity index (χ4n) is 3.19. The highest BCUT2D eigenvalue weighted by Crippen LogP contribution is 2.18. The van der Waals surface area contributed by atoms with E-state index in [2.05, 4.69) is 15.1 Å². The van der Waals surface area contributed by atoms with Crippen LogP contribution < -0.4 is 0 Å². The zero-order chi connectivity index (χ0) is 18.6. The number of aromatic nitrogens is 2. The van der Waals surface area contributed by atoms with Crippen LogP contribution in [-0.4, -0.2) is 64.4 Å². The standard InChI is InChI=1S/C20H20N4O2S/c25-18(19-7-4-12-27-19)14-23-8-10-24(11-9-23)20(26)17-13-16(21-22-17)15-5-2-1-3-6-15/h1-7,12-13H,8-11,14H2,(H,21,22). The molecular weight excluding hydrogens is 360 g/mol. The maximum Gasteiger partial charge on any atom is 0.271 e. The van der Waals surface area contributed by atoms with Gasteiger partial charge in [-0.3, -0.25) is 19.6 Å². The third-order valence-corrected chi connectivity index (χ3v) is 5.61. The monoisotopic (exact) mass is 380 g/mol. The molecule has 0 saturated carbocycles. The van der Waals surface area contributed by atoms with Gasteiger partial charge in [-0.15, -0.1) is 11.3 Å². The molecule has 0 aliphatic carbocycles. The molecule has 4 rings (SSSR count). The van der Waals surface area contributed by atoms with Crippen LogP contribution in [0.25, 0.3) is 11.3 Å². The molecule has 1 aliphatic rings. The summed E-state index contributed by atoms with van der Waals surface area (Å²) in [5.41, 5.74) is 2.24. The van der Waals surface area contributed by atoms with Crippen LogP contribution in [0, 0.1) is 0 Å². The van der Waals surface area contributed by atoms with Gasteiger partial charge in [-0.1, -0.05) is 36.4 Å². The highest BCUT2D eigenvalue weighted by atomic mass is 32.1. The number of nitrogens with zero attached hydrogens (tertiary/aromatic N) is 3. The van der Waals surface area contributed by atoms with Crippen LogP contribution in [0.1, 0.15) is 20.2 Å². The normalized spacial score (nSPS) is 15.0. The summed E-state index contributed by atoms with van der Waals surface area (Å²) in [6.07, 6.45) is 0. The number of nitrogens with one attached hydrogen (secondary N) is 1. The molecule has 0 spiro atoms. The minimum Gasteiger partial charge on any atom is -0.335 e. The highest BCUT2D eigenvalue weighted by Gasteiger charge is 2.25.